The molecule has 1 aromatic rings. The Morgan fingerprint density at radius 3 is 2.82 bits per heavy atom. The SMILES string of the molecule is CCNC(=NCc1nccn1CC(C)C)NC1CCN(C(=O)C2CCCC2)C1. The Hall–Kier alpha value is -2.05. The number of guanidine groups is 1. The molecular weight excluding hydrogens is 352 g/mol. The number of hydrogen-bond acceptors (Lipinski definition) is 3. The number of rotatable bonds is 7. The number of carbonyl (C=O) groups is 1. The van der Waals surface area contributed by atoms with E-state index in [0.717, 1.165) is 57.2 Å². The second-order valence-electron chi connectivity index (χ2n) is 8.48. The van der Waals surface area contributed by atoms with E-state index in [0.29, 0.717) is 18.4 Å². The van der Waals surface area contributed by atoms with Crippen LogP contribution >= 0.6 is 0 Å². The van der Waals surface area contributed by atoms with Crippen LogP contribution in [0.15, 0.2) is 17.4 Å². The van der Waals surface area contributed by atoms with Crippen LogP contribution in [0.1, 0.15) is 58.7 Å². The summed E-state index contributed by atoms with van der Waals surface area (Å²) >= 11 is 0. The van der Waals surface area contributed by atoms with Gasteiger partial charge in [0.15, 0.2) is 5.96 Å². The summed E-state index contributed by atoms with van der Waals surface area (Å²) in [6.45, 7) is 10.4. The summed E-state index contributed by atoms with van der Waals surface area (Å²) in [4.78, 5) is 23.9. The zero-order valence-electron chi connectivity index (χ0n) is 17.7. The second kappa shape index (κ2) is 9.94. The molecule has 1 saturated heterocycles. The summed E-state index contributed by atoms with van der Waals surface area (Å²) < 4.78 is 2.18. The van der Waals surface area contributed by atoms with Gasteiger partial charge >= 0.3 is 0 Å². The highest BCUT2D eigenvalue weighted by atomic mass is 16.2. The van der Waals surface area contributed by atoms with Crippen molar-refractivity contribution in [2.45, 2.75) is 72.0 Å². The Kier molecular flexibility index (Phi) is 7.34. The fourth-order valence-corrected chi connectivity index (χ4v) is 4.22. The van der Waals surface area contributed by atoms with Gasteiger partial charge in [-0.1, -0.05) is 26.7 Å². The zero-order chi connectivity index (χ0) is 19.9. The quantitative estimate of drug-likeness (QED) is 0.556. The number of carbonyl (C=O) groups excluding carboxylic acids is 1. The van der Waals surface area contributed by atoms with Crippen molar-refractivity contribution in [3.8, 4) is 0 Å². The Morgan fingerprint density at radius 1 is 1.32 bits per heavy atom. The van der Waals surface area contributed by atoms with Crippen LogP contribution in [0.2, 0.25) is 0 Å². The number of hydrogen-bond donors (Lipinski definition) is 2. The van der Waals surface area contributed by atoms with Crippen molar-refractivity contribution in [3.63, 3.8) is 0 Å². The van der Waals surface area contributed by atoms with Gasteiger partial charge in [0.2, 0.25) is 5.91 Å². The third-order valence-electron chi connectivity index (χ3n) is 5.63. The molecule has 2 fully saturated rings. The third kappa shape index (κ3) is 5.49. The molecule has 1 aliphatic carbocycles. The highest BCUT2D eigenvalue weighted by Crippen LogP contribution is 2.27. The largest absolute Gasteiger partial charge is 0.357 e. The topological polar surface area (TPSA) is 74.6 Å². The van der Waals surface area contributed by atoms with Gasteiger partial charge in [0.25, 0.3) is 0 Å². The van der Waals surface area contributed by atoms with Gasteiger partial charge in [0, 0.05) is 50.5 Å². The summed E-state index contributed by atoms with van der Waals surface area (Å²) in [6.07, 6.45) is 9.39. The fraction of sp³-hybridized carbons (Fsp3) is 0.762. The van der Waals surface area contributed by atoms with Crippen LogP contribution < -0.4 is 10.6 Å². The van der Waals surface area contributed by atoms with Crippen molar-refractivity contribution in [3.05, 3.63) is 18.2 Å². The average Bonchev–Trinajstić information content (AvgIpc) is 3.41. The smallest absolute Gasteiger partial charge is 0.225 e. The van der Waals surface area contributed by atoms with Gasteiger partial charge in [-0.05, 0) is 32.1 Å². The fourth-order valence-electron chi connectivity index (χ4n) is 4.22. The first-order valence-electron chi connectivity index (χ1n) is 10.9. The molecule has 2 aliphatic rings. The molecule has 0 spiro atoms. The van der Waals surface area contributed by atoms with Gasteiger partial charge in [-0.3, -0.25) is 4.79 Å². The number of amides is 1. The van der Waals surface area contributed by atoms with Crippen LogP contribution in [0.3, 0.4) is 0 Å². The van der Waals surface area contributed by atoms with E-state index in [2.05, 4.69) is 41.0 Å². The molecule has 156 valence electrons. The Morgan fingerprint density at radius 2 is 2.11 bits per heavy atom. The van der Waals surface area contributed by atoms with Crippen molar-refractivity contribution >= 4 is 11.9 Å². The van der Waals surface area contributed by atoms with Crippen LogP contribution in [-0.4, -0.2) is 52.0 Å². The minimum absolute atomic E-state index is 0.263. The second-order valence-corrected chi connectivity index (χ2v) is 8.48. The maximum absolute atomic E-state index is 12.7. The summed E-state index contributed by atoms with van der Waals surface area (Å²) in [5, 5.41) is 6.85. The minimum atomic E-state index is 0.263. The van der Waals surface area contributed by atoms with Gasteiger partial charge in [0.05, 0.1) is 0 Å². The predicted molar refractivity (Wildman–Crippen MR) is 112 cm³/mol. The molecule has 0 radical (unpaired) electrons. The van der Waals surface area contributed by atoms with E-state index < -0.39 is 0 Å². The van der Waals surface area contributed by atoms with Gasteiger partial charge in [-0.2, -0.15) is 0 Å². The van der Waals surface area contributed by atoms with E-state index >= 15 is 0 Å². The summed E-state index contributed by atoms with van der Waals surface area (Å²) in [7, 11) is 0. The molecule has 1 atom stereocenters. The maximum atomic E-state index is 12.7. The van der Waals surface area contributed by atoms with Crippen molar-refractivity contribution in [1.82, 2.24) is 25.1 Å². The number of imidazole rings is 1. The molecule has 0 aromatic carbocycles. The van der Waals surface area contributed by atoms with Crippen molar-refractivity contribution in [2.75, 3.05) is 19.6 Å². The molecule has 7 heteroatoms. The molecule has 7 nitrogen and oxygen atoms in total. The highest BCUT2D eigenvalue weighted by Gasteiger charge is 2.32. The van der Waals surface area contributed by atoms with Gasteiger partial charge in [-0.15, -0.1) is 0 Å². The highest BCUT2D eigenvalue weighted by molar-refractivity contribution is 5.81. The maximum Gasteiger partial charge on any atom is 0.225 e. The monoisotopic (exact) mass is 388 g/mol. The van der Waals surface area contributed by atoms with Crippen molar-refractivity contribution < 1.29 is 4.79 Å². The molecule has 1 aliphatic heterocycles. The van der Waals surface area contributed by atoms with Gasteiger partial charge in [0.1, 0.15) is 12.4 Å². The first-order valence-corrected chi connectivity index (χ1v) is 10.9. The molecule has 2 heterocycles. The van der Waals surface area contributed by atoms with Crippen LogP contribution in [0.4, 0.5) is 0 Å². The lowest BCUT2D eigenvalue weighted by Gasteiger charge is -2.21. The summed E-state index contributed by atoms with van der Waals surface area (Å²) in [5.74, 6) is 2.99. The number of aromatic nitrogens is 2. The molecule has 1 aromatic heterocycles. The standard InChI is InChI=1S/C21H36N6O/c1-4-22-21(24-13-19-23-10-12-26(19)14-16(2)3)25-18-9-11-27(15-18)20(28)17-7-5-6-8-17/h10,12,16-18H,4-9,11,13-15H2,1-3H3,(H2,22,24,25). The van der Waals surface area contributed by atoms with Crippen molar-refractivity contribution in [2.24, 2.45) is 16.8 Å². The first-order chi connectivity index (χ1) is 13.6. The van der Waals surface area contributed by atoms with Gasteiger partial charge in [-0.25, -0.2) is 9.98 Å². The van der Waals surface area contributed by atoms with E-state index in [9.17, 15) is 4.79 Å². The lowest BCUT2D eigenvalue weighted by Crippen LogP contribution is -2.45. The van der Waals surface area contributed by atoms with E-state index in [1.807, 2.05) is 17.3 Å². The van der Waals surface area contributed by atoms with E-state index in [1.54, 1.807) is 0 Å². The molecule has 2 N–H and O–H groups in total. The Balaban J connectivity index is 1.55. The van der Waals surface area contributed by atoms with Crippen LogP contribution in [-0.2, 0) is 17.9 Å². The van der Waals surface area contributed by atoms with Crippen LogP contribution in [0.5, 0.6) is 0 Å². The molecule has 3 rings (SSSR count). The number of nitrogens with zero attached hydrogens (tertiary/aromatic N) is 4. The van der Waals surface area contributed by atoms with Crippen molar-refractivity contribution in [1.29, 1.82) is 0 Å². The minimum Gasteiger partial charge on any atom is -0.357 e. The summed E-state index contributed by atoms with van der Waals surface area (Å²) in [6, 6.07) is 0.263. The molecule has 1 saturated carbocycles. The Bertz CT molecular complexity index is 662. The van der Waals surface area contributed by atoms with Gasteiger partial charge < -0.3 is 20.1 Å². The predicted octanol–water partition coefficient (Wildman–Crippen LogP) is 2.39. The molecule has 28 heavy (non-hydrogen) atoms. The molecule has 1 unspecified atom stereocenters. The lowest BCUT2D eigenvalue weighted by molar-refractivity contribution is -0.134. The molecule has 0 bridgehead atoms. The van der Waals surface area contributed by atoms with Crippen LogP contribution in [0, 0.1) is 11.8 Å². The first kappa shape index (κ1) is 20.7. The number of likely N-dealkylation sites (tertiary alicyclic amines) is 1. The Labute approximate surface area is 169 Å². The molecule has 1 amide bonds. The van der Waals surface area contributed by atoms with E-state index in [1.165, 1.54) is 12.8 Å². The van der Waals surface area contributed by atoms with E-state index in [4.69, 9.17) is 4.99 Å². The molecular formula is C21H36N6O. The van der Waals surface area contributed by atoms with E-state index in [-0.39, 0.29) is 12.0 Å². The number of nitrogens with one attached hydrogen (secondary N) is 2. The third-order valence-corrected chi connectivity index (χ3v) is 5.63. The summed E-state index contributed by atoms with van der Waals surface area (Å²) in [5.41, 5.74) is 0. The normalized spacial score (nSPS) is 20.9. The zero-order valence-corrected chi connectivity index (χ0v) is 17.7. The van der Waals surface area contributed by atoms with Crippen LogP contribution in [0.25, 0.3) is 0 Å². The lowest BCUT2D eigenvalue weighted by atomic mass is 10.1. The average molecular weight is 389 g/mol. The number of aliphatic imine (C=N–C) groups is 1.